The Morgan fingerprint density at radius 1 is 1.13 bits per heavy atom. The highest BCUT2D eigenvalue weighted by molar-refractivity contribution is 7.98. The van der Waals surface area contributed by atoms with Crippen LogP contribution in [0.15, 0.2) is 45.1 Å². The monoisotopic (exact) mass is 441 g/mol. The zero-order valence-corrected chi connectivity index (χ0v) is 18.8. The molecule has 30 heavy (non-hydrogen) atoms. The Balaban J connectivity index is 1.72. The van der Waals surface area contributed by atoms with Gasteiger partial charge in [0, 0.05) is 11.4 Å². The Labute approximate surface area is 181 Å². The molecule has 0 N–H and O–H groups in total. The standard InChI is InChI=1S/C21H23N5O2S2/c1-4-14-11-16-18(30-14)22-21(25(19(16)27)10-9-13(2)3)29-12-26-20(28)15-7-5-6-8-17(15)23-24-26/h5-8,11,13H,4,9-10,12H2,1-3H3. The highest BCUT2D eigenvalue weighted by Crippen LogP contribution is 2.26. The normalized spacial score (nSPS) is 11.7. The van der Waals surface area contributed by atoms with E-state index in [-0.39, 0.29) is 17.0 Å². The number of thioether (sulfide) groups is 1. The summed E-state index contributed by atoms with van der Waals surface area (Å²) in [6.07, 6.45) is 1.75. The van der Waals surface area contributed by atoms with E-state index >= 15 is 0 Å². The highest BCUT2D eigenvalue weighted by Gasteiger charge is 2.16. The topological polar surface area (TPSA) is 82.7 Å². The Hall–Kier alpha value is -2.52. The largest absolute Gasteiger partial charge is 0.287 e. The lowest BCUT2D eigenvalue weighted by Crippen LogP contribution is -2.26. The number of hydrogen-bond acceptors (Lipinski definition) is 7. The zero-order valence-electron chi connectivity index (χ0n) is 17.2. The van der Waals surface area contributed by atoms with Crippen molar-refractivity contribution in [2.45, 2.75) is 51.2 Å². The molecule has 1 aromatic carbocycles. The number of benzene rings is 1. The van der Waals surface area contributed by atoms with Crippen molar-refractivity contribution in [2.24, 2.45) is 5.92 Å². The van der Waals surface area contributed by atoms with E-state index in [1.807, 2.05) is 18.2 Å². The minimum Gasteiger partial charge on any atom is -0.287 e. The van der Waals surface area contributed by atoms with Crippen LogP contribution >= 0.6 is 23.1 Å². The number of aromatic nitrogens is 5. The van der Waals surface area contributed by atoms with E-state index in [9.17, 15) is 9.59 Å². The Morgan fingerprint density at radius 2 is 1.93 bits per heavy atom. The second kappa shape index (κ2) is 8.69. The number of thiophene rings is 1. The number of rotatable bonds is 7. The fourth-order valence-corrected chi connectivity index (χ4v) is 5.05. The lowest BCUT2D eigenvalue weighted by atomic mass is 10.1. The predicted octanol–water partition coefficient (Wildman–Crippen LogP) is 3.92. The molecule has 0 aliphatic rings. The van der Waals surface area contributed by atoms with Crippen molar-refractivity contribution in [2.75, 3.05) is 0 Å². The first kappa shape index (κ1) is 20.7. The molecule has 0 amide bonds. The van der Waals surface area contributed by atoms with Crippen molar-refractivity contribution >= 4 is 44.2 Å². The first-order valence-corrected chi connectivity index (χ1v) is 11.8. The third kappa shape index (κ3) is 4.04. The summed E-state index contributed by atoms with van der Waals surface area (Å²) in [5.74, 6) is 0.704. The molecular formula is C21H23N5O2S2. The predicted molar refractivity (Wildman–Crippen MR) is 122 cm³/mol. The van der Waals surface area contributed by atoms with E-state index in [1.54, 1.807) is 28.0 Å². The van der Waals surface area contributed by atoms with Crippen molar-refractivity contribution in [3.05, 3.63) is 55.9 Å². The van der Waals surface area contributed by atoms with Gasteiger partial charge < -0.3 is 0 Å². The molecule has 0 radical (unpaired) electrons. The molecule has 4 rings (SSSR count). The number of hydrogen-bond donors (Lipinski definition) is 0. The summed E-state index contributed by atoms with van der Waals surface area (Å²) in [6, 6.07) is 9.10. The van der Waals surface area contributed by atoms with E-state index in [1.165, 1.54) is 16.4 Å². The first-order valence-electron chi connectivity index (χ1n) is 9.96. The summed E-state index contributed by atoms with van der Waals surface area (Å²) in [4.78, 5) is 32.6. The van der Waals surface area contributed by atoms with Gasteiger partial charge in [0.1, 0.15) is 10.3 Å². The number of aryl methyl sites for hydroxylation is 1. The molecule has 7 nitrogen and oxygen atoms in total. The van der Waals surface area contributed by atoms with E-state index in [2.05, 4.69) is 31.1 Å². The van der Waals surface area contributed by atoms with E-state index in [0.717, 1.165) is 22.5 Å². The third-order valence-corrected chi connectivity index (χ3v) is 7.01. The zero-order chi connectivity index (χ0) is 21.3. The first-order chi connectivity index (χ1) is 14.5. The van der Waals surface area contributed by atoms with Gasteiger partial charge >= 0.3 is 0 Å². The molecule has 3 heterocycles. The van der Waals surface area contributed by atoms with Gasteiger partial charge in [0.05, 0.1) is 16.6 Å². The van der Waals surface area contributed by atoms with Crippen LogP contribution in [-0.4, -0.2) is 24.5 Å². The van der Waals surface area contributed by atoms with Crippen LogP contribution in [0.25, 0.3) is 21.1 Å². The molecule has 0 aliphatic heterocycles. The van der Waals surface area contributed by atoms with Crippen LogP contribution in [0.2, 0.25) is 0 Å². The van der Waals surface area contributed by atoms with Gasteiger partial charge in [-0.1, -0.05) is 49.9 Å². The van der Waals surface area contributed by atoms with Gasteiger partial charge in [-0.15, -0.1) is 16.4 Å². The van der Waals surface area contributed by atoms with Gasteiger partial charge in [-0.05, 0) is 37.0 Å². The van der Waals surface area contributed by atoms with E-state index < -0.39 is 0 Å². The summed E-state index contributed by atoms with van der Waals surface area (Å²) in [7, 11) is 0. The van der Waals surface area contributed by atoms with Crippen LogP contribution in [0.5, 0.6) is 0 Å². The second-order valence-corrected chi connectivity index (χ2v) is 9.53. The fraction of sp³-hybridized carbons (Fsp3) is 0.381. The Morgan fingerprint density at radius 3 is 2.70 bits per heavy atom. The quantitative estimate of drug-likeness (QED) is 0.319. The molecule has 0 unspecified atom stereocenters. The van der Waals surface area contributed by atoms with Gasteiger partial charge in [-0.3, -0.25) is 14.2 Å². The second-order valence-electron chi connectivity index (χ2n) is 7.50. The van der Waals surface area contributed by atoms with E-state index in [4.69, 9.17) is 4.98 Å². The van der Waals surface area contributed by atoms with Gasteiger partial charge in [0.25, 0.3) is 11.1 Å². The molecule has 0 aliphatic carbocycles. The molecule has 9 heteroatoms. The summed E-state index contributed by atoms with van der Waals surface area (Å²) >= 11 is 2.89. The molecule has 0 saturated carbocycles. The van der Waals surface area contributed by atoms with E-state index in [0.29, 0.717) is 33.9 Å². The molecular weight excluding hydrogens is 418 g/mol. The average molecular weight is 442 g/mol. The van der Waals surface area contributed by atoms with Gasteiger partial charge in [-0.2, -0.15) is 4.68 Å². The molecule has 4 aromatic rings. The molecule has 3 aromatic heterocycles. The minimum absolute atomic E-state index is 0.0176. The fourth-order valence-electron chi connectivity index (χ4n) is 3.14. The van der Waals surface area contributed by atoms with Crippen LogP contribution in [-0.2, 0) is 18.8 Å². The van der Waals surface area contributed by atoms with Gasteiger partial charge in [-0.25, -0.2) is 4.98 Å². The smallest absolute Gasteiger partial charge is 0.278 e. The van der Waals surface area contributed by atoms with Crippen LogP contribution in [0, 0.1) is 5.92 Å². The van der Waals surface area contributed by atoms with Gasteiger partial charge in [0.15, 0.2) is 5.16 Å². The van der Waals surface area contributed by atoms with Crippen molar-refractivity contribution in [3.8, 4) is 0 Å². The molecule has 0 spiro atoms. The Kier molecular flexibility index (Phi) is 6.01. The number of fused-ring (bicyclic) bond motifs is 2. The lowest BCUT2D eigenvalue weighted by molar-refractivity contribution is 0.480. The molecule has 0 saturated heterocycles. The lowest BCUT2D eigenvalue weighted by Gasteiger charge is -2.13. The third-order valence-electron chi connectivity index (χ3n) is 4.89. The summed E-state index contributed by atoms with van der Waals surface area (Å²) in [6.45, 7) is 6.93. The van der Waals surface area contributed by atoms with Crippen molar-refractivity contribution in [3.63, 3.8) is 0 Å². The van der Waals surface area contributed by atoms with Crippen molar-refractivity contribution in [1.82, 2.24) is 24.5 Å². The minimum atomic E-state index is -0.199. The molecule has 0 bridgehead atoms. The van der Waals surface area contributed by atoms with Crippen LogP contribution in [0.4, 0.5) is 0 Å². The Bertz CT molecular complexity index is 1320. The average Bonchev–Trinajstić information content (AvgIpc) is 3.16. The van der Waals surface area contributed by atoms with Crippen LogP contribution in [0.3, 0.4) is 0 Å². The maximum absolute atomic E-state index is 13.2. The summed E-state index contributed by atoms with van der Waals surface area (Å²) in [5, 5.41) is 9.99. The maximum atomic E-state index is 13.2. The van der Waals surface area contributed by atoms with Crippen molar-refractivity contribution < 1.29 is 0 Å². The molecule has 156 valence electrons. The van der Waals surface area contributed by atoms with Gasteiger partial charge in [0.2, 0.25) is 0 Å². The summed E-state index contributed by atoms with van der Waals surface area (Å²) in [5.41, 5.74) is 0.355. The molecule has 0 atom stereocenters. The van der Waals surface area contributed by atoms with Crippen molar-refractivity contribution in [1.29, 1.82) is 0 Å². The SMILES string of the molecule is CCc1cc2c(=O)n(CCC(C)C)c(SCn3nnc4ccccc4c3=O)nc2s1. The molecule has 0 fully saturated rings. The van der Waals surface area contributed by atoms with Crippen LogP contribution < -0.4 is 11.1 Å². The highest BCUT2D eigenvalue weighted by atomic mass is 32.2. The maximum Gasteiger partial charge on any atom is 0.278 e. The van der Waals surface area contributed by atoms with Crippen LogP contribution in [0.1, 0.15) is 32.1 Å². The summed E-state index contributed by atoms with van der Waals surface area (Å²) < 4.78 is 3.06. The number of nitrogens with zero attached hydrogens (tertiary/aromatic N) is 5.